The molecule has 0 rings (SSSR count). The van der Waals surface area contributed by atoms with Crippen molar-refractivity contribution in [2.75, 3.05) is 0 Å². The third-order valence-corrected chi connectivity index (χ3v) is 0. The third-order valence-electron chi connectivity index (χ3n) is 0. The molecule has 0 aliphatic rings. The van der Waals surface area contributed by atoms with Crippen molar-refractivity contribution in [2.24, 2.45) is 0 Å². The predicted octanol–water partition coefficient (Wildman–Crippen LogP) is -1.42. The molecule has 0 saturated carbocycles. The summed E-state index contributed by atoms with van der Waals surface area (Å²) in [5.74, 6) is 0. The van der Waals surface area contributed by atoms with Crippen LogP contribution in [0.4, 0.5) is 0 Å². The Labute approximate surface area is 73.4 Å². The van der Waals surface area contributed by atoms with Crippen LogP contribution in [0.25, 0.3) is 0 Å². The maximum absolute atomic E-state index is 7.94. The summed E-state index contributed by atoms with van der Waals surface area (Å²) >= 11 is 2.31. The van der Waals surface area contributed by atoms with Gasteiger partial charge in [-0.3, -0.25) is 0 Å². The standard InChI is InChI=1S/2Co.2Li.O.2H. The summed E-state index contributed by atoms with van der Waals surface area (Å²) in [6.45, 7) is 0. The van der Waals surface area contributed by atoms with E-state index in [4.69, 9.17) is 3.87 Å². The molecule has 5 heteroatoms. The van der Waals surface area contributed by atoms with E-state index in [-0.39, 0.29) is 54.5 Å². The van der Waals surface area contributed by atoms with E-state index in [1.165, 1.54) is 0 Å². The molecule has 0 saturated heterocycles. The van der Waals surface area contributed by atoms with E-state index in [0.29, 0.717) is 0 Å². The van der Waals surface area contributed by atoms with Crippen LogP contribution in [0, 0.1) is 0 Å². The van der Waals surface area contributed by atoms with Gasteiger partial charge >= 0.3 is 57.3 Å². The molecule has 0 unspecified atom stereocenters. The van der Waals surface area contributed by atoms with Crippen molar-refractivity contribution in [1.29, 1.82) is 0 Å². The van der Waals surface area contributed by atoms with Gasteiger partial charge in [-0.1, -0.05) is 0 Å². The molecule has 0 fully saturated rings. The van der Waals surface area contributed by atoms with Crippen LogP contribution in [0.2, 0.25) is 0 Å². The molecule has 0 aliphatic heterocycles. The molecule has 0 spiro atoms. The van der Waals surface area contributed by atoms with Crippen molar-refractivity contribution in [2.45, 2.75) is 0 Å². The summed E-state index contributed by atoms with van der Waals surface area (Å²) in [4.78, 5) is 0. The maximum atomic E-state index is 7.94. The van der Waals surface area contributed by atoms with Gasteiger partial charge in [0, 0.05) is 16.8 Å². The monoisotopic (exact) mass is 150 g/mol. The summed E-state index contributed by atoms with van der Waals surface area (Å²) in [7, 11) is 0. The van der Waals surface area contributed by atoms with Gasteiger partial charge in [-0.15, -0.1) is 0 Å². The average molecular weight is 150 g/mol. The quantitative estimate of drug-likeness (QED) is 0.387. The van der Waals surface area contributed by atoms with Gasteiger partial charge in [-0.25, -0.2) is 0 Å². The Bertz CT molecular complexity index is 7.61. The molecule has 1 radical (unpaired) electrons. The average Bonchev–Trinajstić information content (AvgIpc) is 1.00. The zero-order chi connectivity index (χ0) is 2.00. The van der Waals surface area contributed by atoms with E-state index in [1.807, 2.05) is 0 Å². The number of rotatable bonds is 0. The van der Waals surface area contributed by atoms with E-state index in [9.17, 15) is 0 Å². The SMILES string of the molecule is [Co].[LiH].[LiH].[O]=[Co]. The van der Waals surface area contributed by atoms with Gasteiger partial charge < -0.3 is 0 Å². The fourth-order valence-corrected chi connectivity index (χ4v) is 0. The summed E-state index contributed by atoms with van der Waals surface area (Å²) in [6, 6.07) is 0. The fraction of sp³-hybridized carbons (Fsp3) is 0. The normalized spacial score (nSPS) is 1.00. The van der Waals surface area contributed by atoms with Gasteiger partial charge in [0.15, 0.2) is 0 Å². The van der Waals surface area contributed by atoms with E-state index < -0.39 is 0 Å². The molecule has 0 amide bonds. The van der Waals surface area contributed by atoms with Crippen LogP contribution in [0.15, 0.2) is 0 Å². The summed E-state index contributed by atoms with van der Waals surface area (Å²) in [5.41, 5.74) is 0. The minimum absolute atomic E-state index is 0. The first-order chi connectivity index (χ1) is 1.00. The number of hydrogen-bond acceptors (Lipinski definition) is 1. The second kappa shape index (κ2) is 37.4. The van der Waals surface area contributed by atoms with Crippen molar-refractivity contribution in [3.8, 4) is 0 Å². The number of hydrogen-bond donors (Lipinski definition) is 0. The van der Waals surface area contributed by atoms with Crippen LogP contribution in [-0.2, 0) is 36.3 Å². The minimum atomic E-state index is 0. The summed E-state index contributed by atoms with van der Waals surface area (Å²) < 4.78 is 7.94. The van der Waals surface area contributed by atoms with Gasteiger partial charge in [-0.05, 0) is 0 Å². The zero-order valence-electron chi connectivity index (χ0n) is 1.07. The van der Waals surface area contributed by atoms with Crippen LogP contribution in [0.3, 0.4) is 0 Å². The summed E-state index contributed by atoms with van der Waals surface area (Å²) in [6.07, 6.45) is 0. The van der Waals surface area contributed by atoms with Crippen molar-refractivity contribution < 1.29 is 36.3 Å². The predicted molar refractivity (Wildman–Crippen MR) is 15.0 cm³/mol. The first-order valence-corrected chi connectivity index (χ1v) is 0.561. The molecule has 28 valence electrons. The first-order valence-electron chi connectivity index (χ1n) is 0.136. The Balaban J connectivity index is -0.00000000167. The zero-order valence-corrected chi connectivity index (χ0v) is 3.16. The third kappa shape index (κ3) is 23.9. The van der Waals surface area contributed by atoms with Crippen LogP contribution < -0.4 is 0 Å². The second-order valence-corrected chi connectivity index (χ2v) is 0. The fourth-order valence-electron chi connectivity index (χ4n) is 0. The van der Waals surface area contributed by atoms with Crippen molar-refractivity contribution in [3.63, 3.8) is 0 Å². The molecule has 0 aromatic rings. The molecule has 0 atom stereocenters. The van der Waals surface area contributed by atoms with Gasteiger partial charge in [0.1, 0.15) is 0 Å². The molecule has 0 aromatic heterocycles. The molecule has 0 bridgehead atoms. The summed E-state index contributed by atoms with van der Waals surface area (Å²) in [5, 5.41) is 0. The van der Waals surface area contributed by atoms with Crippen molar-refractivity contribution in [3.05, 3.63) is 0 Å². The molecule has 0 aromatic carbocycles. The van der Waals surface area contributed by atoms with Gasteiger partial charge in [0.25, 0.3) is 0 Å². The Morgan fingerprint density at radius 3 is 1.00 bits per heavy atom. The molecule has 0 N–H and O–H groups in total. The molecule has 5 heavy (non-hydrogen) atoms. The van der Waals surface area contributed by atoms with Crippen LogP contribution in [-0.4, -0.2) is 37.7 Å². The van der Waals surface area contributed by atoms with Crippen LogP contribution >= 0.6 is 0 Å². The van der Waals surface area contributed by atoms with Gasteiger partial charge in [-0.2, -0.15) is 0 Å². The van der Waals surface area contributed by atoms with E-state index >= 15 is 0 Å². The Morgan fingerprint density at radius 1 is 1.00 bits per heavy atom. The van der Waals surface area contributed by atoms with E-state index in [0.717, 1.165) is 0 Å². The van der Waals surface area contributed by atoms with Crippen LogP contribution in [0.5, 0.6) is 0 Å². The second-order valence-electron chi connectivity index (χ2n) is 0. The van der Waals surface area contributed by atoms with Gasteiger partial charge in [0.2, 0.25) is 0 Å². The van der Waals surface area contributed by atoms with E-state index in [2.05, 4.69) is 15.7 Å². The molecule has 0 heterocycles. The van der Waals surface area contributed by atoms with Crippen molar-refractivity contribution >= 4 is 37.7 Å². The van der Waals surface area contributed by atoms with E-state index in [1.54, 1.807) is 0 Å². The molecular formula is H2Co2Li2O. The Hall–Kier alpha value is 2.01. The molecular weight excluding hydrogens is 148 g/mol. The van der Waals surface area contributed by atoms with Crippen LogP contribution in [0.1, 0.15) is 0 Å². The first kappa shape index (κ1) is 28.0. The van der Waals surface area contributed by atoms with Gasteiger partial charge in [0.05, 0.1) is 0 Å². The molecule has 1 nitrogen and oxygen atoms in total. The topological polar surface area (TPSA) is 17.1 Å². The Kier molecular flexibility index (Phi) is 209. The van der Waals surface area contributed by atoms with Crippen molar-refractivity contribution in [1.82, 2.24) is 0 Å². The Morgan fingerprint density at radius 2 is 1.00 bits per heavy atom. The molecule has 0 aliphatic carbocycles.